The maximum Gasteiger partial charge on any atom is 0.335 e. The predicted molar refractivity (Wildman–Crippen MR) is 124 cm³/mol. The zero-order valence-electron chi connectivity index (χ0n) is 19.3. The summed E-state index contributed by atoms with van der Waals surface area (Å²) in [5, 5.41) is 15.6. The molecule has 3 N–H and O–H groups in total. The summed E-state index contributed by atoms with van der Waals surface area (Å²) < 4.78 is 5.71. The molecule has 0 aliphatic carbocycles. The second kappa shape index (κ2) is 10.8. The number of carboxylic acids is 1. The average molecular weight is 446 g/mol. The second-order valence-electron chi connectivity index (χ2n) is 9.37. The van der Waals surface area contributed by atoms with Crippen LogP contribution in [0.1, 0.15) is 44.0 Å². The Morgan fingerprint density at radius 3 is 2.59 bits per heavy atom. The van der Waals surface area contributed by atoms with Crippen LogP contribution in [0.25, 0.3) is 0 Å². The van der Waals surface area contributed by atoms with Gasteiger partial charge < -0.3 is 25.4 Å². The Morgan fingerprint density at radius 1 is 1.22 bits per heavy atom. The van der Waals surface area contributed by atoms with Gasteiger partial charge in [-0.1, -0.05) is 6.07 Å². The molecule has 2 heterocycles. The third-order valence-electron chi connectivity index (χ3n) is 5.39. The van der Waals surface area contributed by atoms with Crippen LogP contribution in [0.3, 0.4) is 0 Å². The average Bonchev–Trinajstić information content (AvgIpc) is 3.24. The SMILES string of the molecule is CC(C)(C)NC(=O)CN1CCN(C(=NCC2CCCO2)Nc2cccc(C(=O)O)c2)CC1. The molecule has 176 valence electrons. The highest BCUT2D eigenvalue weighted by Crippen LogP contribution is 2.15. The highest BCUT2D eigenvalue weighted by Gasteiger charge is 2.24. The van der Waals surface area contributed by atoms with Crippen molar-refractivity contribution in [2.45, 2.75) is 45.3 Å². The number of amides is 1. The van der Waals surface area contributed by atoms with E-state index in [4.69, 9.17) is 9.73 Å². The highest BCUT2D eigenvalue weighted by atomic mass is 16.5. The number of anilines is 1. The van der Waals surface area contributed by atoms with Gasteiger partial charge in [0.1, 0.15) is 0 Å². The van der Waals surface area contributed by atoms with Gasteiger partial charge in [-0.25, -0.2) is 4.79 Å². The minimum atomic E-state index is -0.964. The van der Waals surface area contributed by atoms with E-state index in [2.05, 4.69) is 20.4 Å². The number of carboxylic acid groups (broad SMARTS) is 1. The number of carbonyl (C=O) groups excluding carboxylic acids is 1. The number of guanidine groups is 1. The smallest absolute Gasteiger partial charge is 0.335 e. The van der Waals surface area contributed by atoms with Crippen LogP contribution < -0.4 is 10.6 Å². The molecule has 2 aliphatic heterocycles. The maximum absolute atomic E-state index is 12.3. The minimum Gasteiger partial charge on any atom is -0.478 e. The molecule has 0 saturated carbocycles. The molecule has 9 nitrogen and oxygen atoms in total. The number of aliphatic imine (C=N–C) groups is 1. The number of nitrogens with one attached hydrogen (secondary N) is 2. The van der Waals surface area contributed by atoms with Gasteiger partial charge in [0.2, 0.25) is 5.91 Å². The molecule has 0 radical (unpaired) electrons. The van der Waals surface area contributed by atoms with Crippen molar-refractivity contribution in [2.75, 3.05) is 51.2 Å². The fourth-order valence-electron chi connectivity index (χ4n) is 3.83. The normalized spacial score (nSPS) is 20.3. The lowest BCUT2D eigenvalue weighted by atomic mass is 10.1. The van der Waals surface area contributed by atoms with Crippen LogP contribution in [-0.2, 0) is 9.53 Å². The molecule has 1 aromatic rings. The Bertz CT molecular complexity index is 822. The Labute approximate surface area is 189 Å². The Balaban J connectivity index is 1.63. The Morgan fingerprint density at radius 2 is 1.97 bits per heavy atom. The number of ether oxygens (including phenoxy) is 1. The molecule has 1 unspecified atom stereocenters. The second-order valence-corrected chi connectivity index (χ2v) is 9.37. The van der Waals surface area contributed by atoms with E-state index < -0.39 is 5.97 Å². The van der Waals surface area contributed by atoms with E-state index in [-0.39, 0.29) is 23.1 Å². The van der Waals surface area contributed by atoms with Gasteiger partial charge in [0.15, 0.2) is 5.96 Å². The molecule has 0 aromatic heterocycles. The number of benzene rings is 1. The molecule has 3 rings (SSSR count). The molecule has 0 spiro atoms. The monoisotopic (exact) mass is 445 g/mol. The fourth-order valence-corrected chi connectivity index (χ4v) is 3.83. The lowest BCUT2D eigenvalue weighted by Gasteiger charge is -2.36. The number of hydrogen-bond donors (Lipinski definition) is 3. The lowest BCUT2D eigenvalue weighted by molar-refractivity contribution is -0.123. The highest BCUT2D eigenvalue weighted by molar-refractivity contribution is 5.96. The van der Waals surface area contributed by atoms with Crippen molar-refractivity contribution in [1.29, 1.82) is 0 Å². The molecule has 1 atom stereocenters. The number of piperazine rings is 1. The Kier molecular flexibility index (Phi) is 8.09. The van der Waals surface area contributed by atoms with E-state index in [0.29, 0.717) is 24.7 Å². The quantitative estimate of drug-likeness (QED) is 0.453. The van der Waals surface area contributed by atoms with Crippen LogP contribution in [0.15, 0.2) is 29.3 Å². The number of nitrogens with zero attached hydrogens (tertiary/aromatic N) is 3. The number of rotatable bonds is 6. The van der Waals surface area contributed by atoms with Gasteiger partial charge in [-0.15, -0.1) is 0 Å². The Hall–Kier alpha value is -2.65. The number of carbonyl (C=O) groups is 2. The molecule has 9 heteroatoms. The van der Waals surface area contributed by atoms with E-state index in [1.165, 1.54) is 0 Å². The van der Waals surface area contributed by atoms with Crippen molar-refractivity contribution >= 4 is 23.5 Å². The number of hydrogen-bond acceptors (Lipinski definition) is 5. The van der Waals surface area contributed by atoms with Crippen molar-refractivity contribution in [3.8, 4) is 0 Å². The molecular formula is C23H35N5O4. The van der Waals surface area contributed by atoms with Crippen LogP contribution in [0.2, 0.25) is 0 Å². The summed E-state index contributed by atoms with van der Waals surface area (Å²) in [5.74, 6) is -0.225. The largest absolute Gasteiger partial charge is 0.478 e. The van der Waals surface area contributed by atoms with E-state index in [0.717, 1.165) is 45.6 Å². The first-order chi connectivity index (χ1) is 15.2. The van der Waals surface area contributed by atoms with Gasteiger partial charge in [0, 0.05) is 44.0 Å². The third-order valence-corrected chi connectivity index (χ3v) is 5.39. The van der Waals surface area contributed by atoms with Gasteiger partial charge in [0.25, 0.3) is 0 Å². The lowest BCUT2D eigenvalue weighted by Crippen LogP contribution is -2.54. The standard InChI is InChI=1S/C23H35N5O4/c1-23(2,3)26-20(29)16-27-9-11-28(12-10-27)22(24-15-19-8-5-13-32-19)25-18-7-4-6-17(14-18)21(30)31/h4,6-7,14,19H,5,8-13,15-16H2,1-3H3,(H,24,25)(H,26,29)(H,30,31). The predicted octanol–water partition coefficient (Wildman–Crippen LogP) is 1.86. The molecule has 2 aliphatic rings. The van der Waals surface area contributed by atoms with Crippen molar-refractivity contribution in [1.82, 2.24) is 15.1 Å². The van der Waals surface area contributed by atoms with Gasteiger partial charge in [0.05, 0.1) is 24.8 Å². The van der Waals surface area contributed by atoms with Crippen molar-refractivity contribution < 1.29 is 19.4 Å². The topological polar surface area (TPSA) is 107 Å². The van der Waals surface area contributed by atoms with Crippen molar-refractivity contribution in [2.24, 2.45) is 4.99 Å². The van der Waals surface area contributed by atoms with Gasteiger partial charge >= 0.3 is 5.97 Å². The van der Waals surface area contributed by atoms with E-state index in [1.807, 2.05) is 26.8 Å². The minimum absolute atomic E-state index is 0.0295. The molecule has 0 bridgehead atoms. The van der Waals surface area contributed by atoms with Crippen molar-refractivity contribution in [3.63, 3.8) is 0 Å². The van der Waals surface area contributed by atoms with E-state index in [9.17, 15) is 14.7 Å². The van der Waals surface area contributed by atoms with Crippen LogP contribution in [0, 0.1) is 0 Å². The summed E-state index contributed by atoms with van der Waals surface area (Å²) in [6.07, 6.45) is 2.18. The molecule has 1 aromatic carbocycles. The molecule has 2 fully saturated rings. The van der Waals surface area contributed by atoms with Crippen molar-refractivity contribution in [3.05, 3.63) is 29.8 Å². The summed E-state index contributed by atoms with van der Waals surface area (Å²) >= 11 is 0. The van der Waals surface area contributed by atoms with Gasteiger partial charge in [-0.3, -0.25) is 14.7 Å². The molecule has 2 saturated heterocycles. The van der Waals surface area contributed by atoms with Crippen LogP contribution in [-0.4, -0.2) is 90.3 Å². The van der Waals surface area contributed by atoms with Gasteiger partial charge in [-0.05, 0) is 51.8 Å². The summed E-state index contributed by atoms with van der Waals surface area (Å²) in [7, 11) is 0. The first kappa shape index (κ1) is 24.0. The summed E-state index contributed by atoms with van der Waals surface area (Å²) in [6, 6.07) is 6.73. The van der Waals surface area contributed by atoms with Crippen LogP contribution in [0.4, 0.5) is 5.69 Å². The zero-order chi connectivity index (χ0) is 23.1. The summed E-state index contributed by atoms with van der Waals surface area (Å²) in [5.41, 5.74) is 0.668. The molecule has 1 amide bonds. The van der Waals surface area contributed by atoms with E-state index in [1.54, 1.807) is 18.2 Å². The first-order valence-electron chi connectivity index (χ1n) is 11.2. The van der Waals surface area contributed by atoms with Crippen LogP contribution >= 0.6 is 0 Å². The third kappa shape index (κ3) is 7.49. The van der Waals surface area contributed by atoms with Gasteiger partial charge in [-0.2, -0.15) is 0 Å². The number of aromatic carboxylic acids is 1. The molecule has 32 heavy (non-hydrogen) atoms. The summed E-state index contributed by atoms with van der Waals surface area (Å²) in [6.45, 7) is 10.6. The summed E-state index contributed by atoms with van der Waals surface area (Å²) in [4.78, 5) is 32.7. The molecular weight excluding hydrogens is 410 g/mol. The first-order valence-corrected chi connectivity index (χ1v) is 11.2. The van der Waals surface area contributed by atoms with E-state index >= 15 is 0 Å². The maximum atomic E-state index is 12.3. The fraction of sp³-hybridized carbons (Fsp3) is 0.609. The zero-order valence-corrected chi connectivity index (χ0v) is 19.3. The van der Waals surface area contributed by atoms with Crippen LogP contribution in [0.5, 0.6) is 0 Å².